The maximum atomic E-state index is 12.4. The summed E-state index contributed by atoms with van der Waals surface area (Å²) < 4.78 is 0. The van der Waals surface area contributed by atoms with Crippen LogP contribution in [-0.2, 0) is 4.79 Å². The molecule has 1 N–H and O–H groups in total. The van der Waals surface area contributed by atoms with Crippen molar-refractivity contribution in [3.63, 3.8) is 0 Å². The van der Waals surface area contributed by atoms with Crippen LogP contribution in [0.5, 0.6) is 0 Å². The quantitative estimate of drug-likeness (QED) is 0.817. The summed E-state index contributed by atoms with van der Waals surface area (Å²) in [5.41, 5.74) is 0. The first-order chi connectivity index (χ1) is 8.59. The number of carbonyl (C=O) groups excluding carboxylic acids is 1. The highest BCUT2D eigenvalue weighted by Gasteiger charge is 2.61. The second-order valence-electron chi connectivity index (χ2n) is 7.28. The van der Waals surface area contributed by atoms with Crippen LogP contribution in [0.2, 0.25) is 0 Å². The standard InChI is InChI=1S/C16H27NO/c1-9(2)12-8-7-10(3)13-14(12)15(13)16(18)17-11-5-4-6-11/h9-15H,4-8H2,1-3H3,(H,17,18)/t10-,12+,13-,14+,15+/m1/s1. The molecule has 0 aromatic carbocycles. The first kappa shape index (κ1) is 12.5. The summed E-state index contributed by atoms with van der Waals surface area (Å²) in [5, 5.41) is 3.28. The monoisotopic (exact) mass is 249 g/mol. The van der Waals surface area contributed by atoms with Gasteiger partial charge in [0, 0.05) is 12.0 Å². The van der Waals surface area contributed by atoms with E-state index in [-0.39, 0.29) is 0 Å². The Kier molecular flexibility index (Phi) is 3.15. The third-order valence-electron chi connectivity index (χ3n) is 5.85. The van der Waals surface area contributed by atoms with Crippen LogP contribution in [0.3, 0.4) is 0 Å². The van der Waals surface area contributed by atoms with E-state index in [1.54, 1.807) is 0 Å². The van der Waals surface area contributed by atoms with Crippen molar-refractivity contribution in [2.24, 2.45) is 35.5 Å². The maximum absolute atomic E-state index is 12.4. The minimum atomic E-state index is 0.357. The summed E-state index contributed by atoms with van der Waals surface area (Å²) in [6.45, 7) is 7.01. The zero-order valence-corrected chi connectivity index (χ0v) is 12.0. The van der Waals surface area contributed by atoms with Gasteiger partial charge in [-0.1, -0.05) is 27.2 Å². The van der Waals surface area contributed by atoms with Crippen LogP contribution in [0.15, 0.2) is 0 Å². The predicted molar refractivity (Wildman–Crippen MR) is 73.0 cm³/mol. The molecule has 0 aliphatic heterocycles. The summed E-state index contributed by atoms with van der Waals surface area (Å²) in [5.74, 6) is 4.45. The second kappa shape index (κ2) is 4.54. The highest BCUT2D eigenvalue weighted by Crippen LogP contribution is 2.62. The van der Waals surface area contributed by atoms with Crippen molar-refractivity contribution in [2.45, 2.75) is 58.9 Å². The number of fused-ring (bicyclic) bond motifs is 1. The van der Waals surface area contributed by atoms with E-state index in [9.17, 15) is 4.79 Å². The molecule has 0 radical (unpaired) electrons. The molecule has 3 fully saturated rings. The number of carbonyl (C=O) groups is 1. The summed E-state index contributed by atoms with van der Waals surface area (Å²) in [7, 11) is 0. The van der Waals surface area contributed by atoms with E-state index in [2.05, 4.69) is 26.1 Å². The average Bonchev–Trinajstić information content (AvgIpc) is 2.99. The second-order valence-corrected chi connectivity index (χ2v) is 7.28. The van der Waals surface area contributed by atoms with Gasteiger partial charge in [-0.15, -0.1) is 0 Å². The van der Waals surface area contributed by atoms with Crippen LogP contribution in [0.4, 0.5) is 0 Å². The van der Waals surface area contributed by atoms with Gasteiger partial charge in [0.2, 0.25) is 5.91 Å². The molecule has 18 heavy (non-hydrogen) atoms. The highest BCUT2D eigenvalue weighted by atomic mass is 16.2. The molecule has 0 aromatic heterocycles. The number of nitrogens with one attached hydrogen (secondary N) is 1. The molecule has 3 aliphatic rings. The van der Waals surface area contributed by atoms with Gasteiger partial charge in [-0.3, -0.25) is 4.79 Å². The van der Waals surface area contributed by atoms with Crippen LogP contribution in [-0.4, -0.2) is 11.9 Å². The lowest BCUT2D eigenvalue weighted by molar-refractivity contribution is -0.124. The van der Waals surface area contributed by atoms with Crippen LogP contribution in [0, 0.1) is 35.5 Å². The van der Waals surface area contributed by atoms with Gasteiger partial charge in [0.1, 0.15) is 0 Å². The third kappa shape index (κ3) is 1.98. The minimum absolute atomic E-state index is 0.357. The van der Waals surface area contributed by atoms with Crippen LogP contribution in [0.25, 0.3) is 0 Å². The normalized spacial score (nSPS) is 43.2. The van der Waals surface area contributed by atoms with Crippen molar-refractivity contribution in [1.82, 2.24) is 5.32 Å². The molecule has 2 heteroatoms. The fourth-order valence-electron chi connectivity index (χ4n) is 4.46. The average molecular weight is 249 g/mol. The van der Waals surface area contributed by atoms with E-state index in [0.29, 0.717) is 29.7 Å². The van der Waals surface area contributed by atoms with Crippen LogP contribution < -0.4 is 5.32 Å². The van der Waals surface area contributed by atoms with E-state index in [1.807, 2.05) is 0 Å². The molecule has 0 heterocycles. The largest absolute Gasteiger partial charge is 0.353 e. The molecule has 102 valence electrons. The van der Waals surface area contributed by atoms with Crippen molar-refractivity contribution in [3.05, 3.63) is 0 Å². The maximum Gasteiger partial charge on any atom is 0.223 e. The molecule has 0 unspecified atom stereocenters. The van der Waals surface area contributed by atoms with E-state index in [1.165, 1.54) is 32.1 Å². The molecular formula is C16H27NO. The molecule has 5 atom stereocenters. The summed E-state index contributed by atoms with van der Waals surface area (Å²) >= 11 is 0. The highest BCUT2D eigenvalue weighted by molar-refractivity contribution is 5.82. The summed E-state index contributed by atoms with van der Waals surface area (Å²) in [4.78, 5) is 12.4. The van der Waals surface area contributed by atoms with E-state index < -0.39 is 0 Å². The van der Waals surface area contributed by atoms with E-state index in [0.717, 1.165) is 17.8 Å². The molecule has 3 aliphatic carbocycles. The van der Waals surface area contributed by atoms with Crippen LogP contribution in [0.1, 0.15) is 52.9 Å². The smallest absolute Gasteiger partial charge is 0.223 e. The van der Waals surface area contributed by atoms with Crippen molar-refractivity contribution < 1.29 is 4.79 Å². The molecule has 0 saturated heterocycles. The fourth-order valence-corrected chi connectivity index (χ4v) is 4.46. The summed E-state index contributed by atoms with van der Waals surface area (Å²) in [6.07, 6.45) is 6.38. The Morgan fingerprint density at radius 1 is 1.11 bits per heavy atom. The first-order valence-electron chi connectivity index (χ1n) is 7.90. The fraction of sp³-hybridized carbons (Fsp3) is 0.938. The van der Waals surface area contributed by atoms with Gasteiger partial charge < -0.3 is 5.32 Å². The molecule has 0 spiro atoms. The molecule has 0 bridgehead atoms. The van der Waals surface area contributed by atoms with Gasteiger partial charge in [0.25, 0.3) is 0 Å². The topological polar surface area (TPSA) is 29.1 Å². The molecule has 3 rings (SSSR count). The van der Waals surface area contributed by atoms with Crippen molar-refractivity contribution in [1.29, 1.82) is 0 Å². The molecular weight excluding hydrogens is 222 g/mol. The SMILES string of the molecule is CC(C)[C@@H]1CC[C@@H](C)[C@H]2[C@H](C(=O)NC3CCC3)[C@H]21. The van der Waals surface area contributed by atoms with Gasteiger partial charge in [-0.25, -0.2) is 0 Å². The van der Waals surface area contributed by atoms with Crippen molar-refractivity contribution in [3.8, 4) is 0 Å². The predicted octanol–water partition coefficient (Wildman–Crippen LogP) is 3.22. The third-order valence-corrected chi connectivity index (χ3v) is 5.85. The van der Waals surface area contributed by atoms with E-state index >= 15 is 0 Å². The Hall–Kier alpha value is -0.530. The number of rotatable bonds is 3. The zero-order chi connectivity index (χ0) is 12.9. The van der Waals surface area contributed by atoms with Gasteiger partial charge in [0.15, 0.2) is 0 Å². The summed E-state index contributed by atoms with van der Waals surface area (Å²) in [6, 6.07) is 0.507. The molecule has 2 nitrogen and oxygen atoms in total. The van der Waals surface area contributed by atoms with Crippen molar-refractivity contribution in [2.75, 3.05) is 0 Å². The Morgan fingerprint density at radius 3 is 2.39 bits per heavy atom. The Bertz CT molecular complexity index is 334. The Labute approximate surface area is 111 Å². The van der Waals surface area contributed by atoms with Crippen LogP contribution >= 0.6 is 0 Å². The number of hydrogen-bond acceptors (Lipinski definition) is 1. The van der Waals surface area contributed by atoms with Gasteiger partial charge in [0.05, 0.1) is 0 Å². The zero-order valence-electron chi connectivity index (χ0n) is 12.0. The molecule has 1 amide bonds. The molecule has 0 aromatic rings. The lowest BCUT2D eigenvalue weighted by Gasteiger charge is -2.28. The molecule has 3 saturated carbocycles. The Morgan fingerprint density at radius 2 is 1.83 bits per heavy atom. The Balaban J connectivity index is 1.64. The van der Waals surface area contributed by atoms with Gasteiger partial charge >= 0.3 is 0 Å². The lowest BCUT2D eigenvalue weighted by Crippen LogP contribution is -2.41. The van der Waals surface area contributed by atoms with Gasteiger partial charge in [-0.2, -0.15) is 0 Å². The van der Waals surface area contributed by atoms with E-state index in [4.69, 9.17) is 0 Å². The number of amides is 1. The number of hydrogen-bond donors (Lipinski definition) is 1. The van der Waals surface area contributed by atoms with Crippen molar-refractivity contribution >= 4 is 5.91 Å². The lowest BCUT2D eigenvalue weighted by atomic mass is 9.77. The minimum Gasteiger partial charge on any atom is -0.353 e. The first-order valence-corrected chi connectivity index (χ1v) is 7.90. The van der Waals surface area contributed by atoms with Gasteiger partial charge in [-0.05, 0) is 55.3 Å².